The molecule has 0 radical (unpaired) electrons. The molecule has 2 heterocycles. The van der Waals surface area contributed by atoms with Crippen LogP contribution in [0.5, 0.6) is 0 Å². The summed E-state index contributed by atoms with van der Waals surface area (Å²) in [5.74, 6) is 0. The molecular formula is C14H30N4. The van der Waals surface area contributed by atoms with E-state index < -0.39 is 0 Å². The highest BCUT2D eigenvalue weighted by Gasteiger charge is 2.18. The predicted octanol–water partition coefficient (Wildman–Crippen LogP) is 1.05. The van der Waals surface area contributed by atoms with Crippen LogP contribution in [0.15, 0.2) is 0 Å². The van der Waals surface area contributed by atoms with Gasteiger partial charge in [-0.25, -0.2) is 0 Å². The fourth-order valence-electron chi connectivity index (χ4n) is 3.07. The first-order valence-electron chi connectivity index (χ1n) is 7.72. The summed E-state index contributed by atoms with van der Waals surface area (Å²) in [6, 6.07) is 0. The van der Waals surface area contributed by atoms with E-state index in [4.69, 9.17) is 0 Å². The Kier molecular flexibility index (Phi) is 5.89. The molecular weight excluding hydrogens is 224 g/mol. The van der Waals surface area contributed by atoms with Crippen LogP contribution in [-0.2, 0) is 0 Å². The molecule has 106 valence electrons. The maximum atomic E-state index is 3.53. The Labute approximate surface area is 112 Å². The molecule has 4 nitrogen and oxygen atoms in total. The standard InChI is InChI=1S/C14H30N4/c1-13-15-7-5-11-17(13)9-3-4-10-18-12-6-8-16-14(18)2/h13-16H,3-12H2,1-2H3. The summed E-state index contributed by atoms with van der Waals surface area (Å²) in [5, 5.41) is 7.07. The van der Waals surface area contributed by atoms with Crippen molar-refractivity contribution in [3.8, 4) is 0 Å². The Morgan fingerprint density at radius 3 is 1.67 bits per heavy atom. The summed E-state index contributed by atoms with van der Waals surface area (Å²) in [5.41, 5.74) is 0. The number of nitrogens with zero attached hydrogens (tertiary/aromatic N) is 2. The van der Waals surface area contributed by atoms with Gasteiger partial charge in [0.05, 0.1) is 12.3 Å². The van der Waals surface area contributed by atoms with Crippen LogP contribution in [0.4, 0.5) is 0 Å². The fraction of sp³-hybridized carbons (Fsp3) is 1.00. The molecule has 0 spiro atoms. The zero-order valence-electron chi connectivity index (χ0n) is 12.1. The zero-order valence-corrected chi connectivity index (χ0v) is 12.1. The highest BCUT2D eigenvalue weighted by atomic mass is 15.3. The van der Waals surface area contributed by atoms with Crippen LogP contribution < -0.4 is 10.6 Å². The van der Waals surface area contributed by atoms with Gasteiger partial charge in [-0.3, -0.25) is 9.80 Å². The van der Waals surface area contributed by atoms with Crippen LogP contribution in [0, 0.1) is 0 Å². The summed E-state index contributed by atoms with van der Waals surface area (Å²) < 4.78 is 0. The van der Waals surface area contributed by atoms with Crippen LogP contribution in [0.1, 0.15) is 39.5 Å². The molecule has 2 rings (SSSR count). The minimum Gasteiger partial charge on any atom is -0.302 e. The lowest BCUT2D eigenvalue weighted by molar-refractivity contribution is 0.124. The highest BCUT2D eigenvalue weighted by molar-refractivity contribution is 4.73. The van der Waals surface area contributed by atoms with Crippen molar-refractivity contribution >= 4 is 0 Å². The molecule has 0 amide bonds. The van der Waals surface area contributed by atoms with Crippen molar-refractivity contribution in [2.45, 2.75) is 51.9 Å². The van der Waals surface area contributed by atoms with Crippen LogP contribution in [0.25, 0.3) is 0 Å². The third-order valence-corrected chi connectivity index (χ3v) is 4.36. The third-order valence-electron chi connectivity index (χ3n) is 4.36. The maximum Gasteiger partial charge on any atom is 0.0567 e. The number of hydrogen-bond acceptors (Lipinski definition) is 4. The van der Waals surface area contributed by atoms with Crippen molar-refractivity contribution < 1.29 is 0 Å². The van der Waals surface area contributed by atoms with Gasteiger partial charge >= 0.3 is 0 Å². The molecule has 0 aliphatic carbocycles. The van der Waals surface area contributed by atoms with E-state index in [0.29, 0.717) is 12.3 Å². The zero-order chi connectivity index (χ0) is 12.8. The van der Waals surface area contributed by atoms with E-state index in [0.717, 1.165) is 0 Å². The molecule has 18 heavy (non-hydrogen) atoms. The van der Waals surface area contributed by atoms with Crippen molar-refractivity contribution in [1.82, 2.24) is 20.4 Å². The van der Waals surface area contributed by atoms with Crippen LogP contribution in [0.3, 0.4) is 0 Å². The Bertz CT molecular complexity index is 210. The molecule has 2 fully saturated rings. The Morgan fingerprint density at radius 2 is 1.28 bits per heavy atom. The number of rotatable bonds is 5. The summed E-state index contributed by atoms with van der Waals surface area (Å²) in [4.78, 5) is 5.17. The minimum absolute atomic E-state index is 0.578. The molecule has 0 bridgehead atoms. The average Bonchev–Trinajstić information content (AvgIpc) is 2.38. The Hall–Kier alpha value is -0.160. The fourth-order valence-corrected chi connectivity index (χ4v) is 3.07. The lowest BCUT2D eigenvalue weighted by atomic mass is 10.2. The molecule has 0 saturated carbocycles. The predicted molar refractivity (Wildman–Crippen MR) is 76.5 cm³/mol. The van der Waals surface area contributed by atoms with Gasteiger partial charge in [0.25, 0.3) is 0 Å². The van der Waals surface area contributed by atoms with Gasteiger partial charge in [0.1, 0.15) is 0 Å². The second-order valence-electron chi connectivity index (χ2n) is 5.75. The van der Waals surface area contributed by atoms with Crippen LogP contribution >= 0.6 is 0 Å². The Balaban J connectivity index is 1.57. The van der Waals surface area contributed by atoms with Gasteiger partial charge in [-0.1, -0.05) is 0 Å². The van der Waals surface area contributed by atoms with E-state index >= 15 is 0 Å². The normalized spacial score (nSPS) is 31.7. The molecule has 2 N–H and O–H groups in total. The van der Waals surface area contributed by atoms with E-state index in [1.54, 1.807) is 0 Å². The number of nitrogens with one attached hydrogen (secondary N) is 2. The molecule has 0 aromatic rings. The average molecular weight is 254 g/mol. The van der Waals surface area contributed by atoms with Gasteiger partial charge in [0.15, 0.2) is 0 Å². The van der Waals surface area contributed by atoms with Crippen LogP contribution in [-0.4, -0.2) is 61.4 Å². The first-order chi connectivity index (χ1) is 8.77. The summed E-state index contributed by atoms with van der Waals surface area (Å²) >= 11 is 0. The number of unbranched alkanes of at least 4 members (excludes halogenated alkanes) is 1. The van der Waals surface area contributed by atoms with Gasteiger partial charge in [-0.15, -0.1) is 0 Å². The molecule has 2 atom stereocenters. The van der Waals surface area contributed by atoms with E-state index in [2.05, 4.69) is 34.3 Å². The van der Waals surface area contributed by atoms with Gasteiger partial charge in [0, 0.05) is 13.1 Å². The molecule has 2 aliphatic rings. The quantitative estimate of drug-likeness (QED) is 0.718. The molecule has 2 saturated heterocycles. The van der Waals surface area contributed by atoms with E-state index in [1.807, 2.05) is 0 Å². The first-order valence-corrected chi connectivity index (χ1v) is 7.72. The summed E-state index contributed by atoms with van der Waals surface area (Å²) in [6.45, 7) is 12.0. The molecule has 4 heteroatoms. The van der Waals surface area contributed by atoms with Crippen molar-refractivity contribution in [2.75, 3.05) is 39.3 Å². The maximum absolute atomic E-state index is 3.53. The van der Waals surface area contributed by atoms with Gasteiger partial charge in [-0.05, 0) is 65.7 Å². The molecule has 0 aromatic heterocycles. The second kappa shape index (κ2) is 7.43. The van der Waals surface area contributed by atoms with E-state index in [9.17, 15) is 0 Å². The monoisotopic (exact) mass is 254 g/mol. The first kappa shape index (κ1) is 14.3. The smallest absolute Gasteiger partial charge is 0.0567 e. The van der Waals surface area contributed by atoms with Gasteiger partial charge < -0.3 is 10.6 Å². The highest BCUT2D eigenvalue weighted by Crippen LogP contribution is 2.08. The topological polar surface area (TPSA) is 30.5 Å². The molecule has 0 aromatic carbocycles. The second-order valence-corrected chi connectivity index (χ2v) is 5.75. The third kappa shape index (κ3) is 4.19. The van der Waals surface area contributed by atoms with Crippen molar-refractivity contribution in [1.29, 1.82) is 0 Å². The minimum atomic E-state index is 0.578. The van der Waals surface area contributed by atoms with Crippen molar-refractivity contribution in [3.05, 3.63) is 0 Å². The van der Waals surface area contributed by atoms with E-state index in [-0.39, 0.29) is 0 Å². The van der Waals surface area contributed by atoms with Crippen LogP contribution in [0.2, 0.25) is 0 Å². The molecule has 2 unspecified atom stereocenters. The van der Waals surface area contributed by atoms with Gasteiger partial charge in [0.2, 0.25) is 0 Å². The van der Waals surface area contributed by atoms with E-state index in [1.165, 1.54) is 65.0 Å². The van der Waals surface area contributed by atoms with Crippen molar-refractivity contribution in [3.63, 3.8) is 0 Å². The lowest BCUT2D eigenvalue weighted by Crippen LogP contribution is -2.50. The van der Waals surface area contributed by atoms with Crippen molar-refractivity contribution in [2.24, 2.45) is 0 Å². The SMILES string of the molecule is CC1NCCCN1CCCCN1CCCNC1C. The summed E-state index contributed by atoms with van der Waals surface area (Å²) in [7, 11) is 0. The number of hydrogen-bond donors (Lipinski definition) is 2. The summed E-state index contributed by atoms with van der Waals surface area (Å²) in [6.07, 6.45) is 6.42. The largest absolute Gasteiger partial charge is 0.302 e. The lowest BCUT2D eigenvalue weighted by Gasteiger charge is -2.35. The van der Waals surface area contributed by atoms with Gasteiger partial charge in [-0.2, -0.15) is 0 Å². The Morgan fingerprint density at radius 1 is 0.833 bits per heavy atom. The molecule has 2 aliphatic heterocycles.